The maximum absolute atomic E-state index is 5.30. The Morgan fingerprint density at radius 1 is 1.41 bits per heavy atom. The summed E-state index contributed by atoms with van der Waals surface area (Å²) in [6.45, 7) is 6.23. The third-order valence-electron chi connectivity index (χ3n) is 3.16. The second kappa shape index (κ2) is 6.71. The third kappa shape index (κ3) is 3.78. The average Bonchev–Trinajstić information content (AvgIpc) is 2.78. The molecule has 0 aliphatic carbocycles. The first-order chi connectivity index (χ1) is 8.12. The minimum Gasteiger partial charge on any atom is -0.381 e. The number of hydrogen-bond acceptors (Lipinski definition) is 5. The molecule has 0 spiro atoms. The van der Waals surface area contributed by atoms with E-state index in [4.69, 9.17) is 9.26 Å². The third-order valence-corrected chi connectivity index (χ3v) is 3.16. The summed E-state index contributed by atoms with van der Waals surface area (Å²) < 4.78 is 10.5. The molecule has 5 nitrogen and oxygen atoms in total. The molecule has 0 amide bonds. The summed E-state index contributed by atoms with van der Waals surface area (Å²) in [7, 11) is 3.64. The van der Waals surface area contributed by atoms with Crippen molar-refractivity contribution in [2.24, 2.45) is 0 Å². The first-order valence-electron chi connectivity index (χ1n) is 6.14. The van der Waals surface area contributed by atoms with Crippen molar-refractivity contribution < 1.29 is 9.26 Å². The highest BCUT2D eigenvalue weighted by molar-refractivity contribution is 4.97. The highest BCUT2D eigenvalue weighted by atomic mass is 16.5. The van der Waals surface area contributed by atoms with Gasteiger partial charge in [-0.25, -0.2) is 0 Å². The minimum absolute atomic E-state index is 0.113. The van der Waals surface area contributed by atoms with Crippen LogP contribution >= 0.6 is 0 Å². The number of nitrogens with zero attached hydrogens (tertiary/aromatic N) is 2. The van der Waals surface area contributed by atoms with Crippen molar-refractivity contribution in [3.05, 3.63) is 11.7 Å². The number of hydrogen-bond donors (Lipinski definition) is 1. The van der Waals surface area contributed by atoms with E-state index >= 15 is 0 Å². The lowest BCUT2D eigenvalue weighted by molar-refractivity contribution is 0.116. The number of aromatic nitrogens is 2. The van der Waals surface area contributed by atoms with Gasteiger partial charge < -0.3 is 14.6 Å². The van der Waals surface area contributed by atoms with Gasteiger partial charge in [-0.3, -0.25) is 0 Å². The van der Waals surface area contributed by atoms with E-state index < -0.39 is 0 Å². The van der Waals surface area contributed by atoms with Gasteiger partial charge in [0.1, 0.15) is 0 Å². The molecular weight excluding hydrogens is 218 g/mol. The first kappa shape index (κ1) is 14.1. The maximum atomic E-state index is 5.30. The molecule has 98 valence electrons. The zero-order valence-corrected chi connectivity index (χ0v) is 11.4. The van der Waals surface area contributed by atoms with Crippen LogP contribution in [-0.2, 0) is 11.2 Å². The standard InChI is InChI=1S/C12H23N3O2/c1-6-10(13-4)9(3)12-14-11(15-17-12)7-8(2)16-5/h8-10,13H,6-7H2,1-5H3. The Morgan fingerprint density at radius 3 is 2.65 bits per heavy atom. The summed E-state index contributed by atoms with van der Waals surface area (Å²) in [5.74, 6) is 1.64. The van der Waals surface area contributed by atoms with Gasteiger partial charge in [0, 0.05) is 19.6 Å². The molecule has 17 heavy (non-hydrogen) atoms. The molecule has 1 aromatic heterocycles. The van der Waals surface area contributed by atoms with Crippen molar-refractivity contribution in [1.82, 2.24) is 15.5 Å². The molecule has 3 unspecified atom stereocenters. The molecule has 1 N–H and O–H groups in total. The van der Waals surface area contributed by atoms with Crippen molar-refractivity contribution in [2.75, 3.05) is 14.2 Å². The number of rotatable bonds is 7. The van der Waals surface area contributed by atoms with E-state index in [1.165, 1.54) is 0 Å². The molecule has 0 bridgehead atoms. The quantitative estimate of drug-likeness (QED) is 0.788. The van der Waals surface area contributed by atoms with Gasteiger partial charge >= 0.3 is 0 Å². The SMILES string of the molecule is CCC(NC)C(C)c1nc(CC(C)OC)no1. The molecule has 0 aliphatic rings. The van der Waals surface area contributed by atoms with Crippen LogP contribution in [0.25, 0.3) is 0 Å². The summed E-state index contributed by atoms with van der Waals surface area (Å²) in [4.78, 5) is 4.42. The molecule has 0 fully saturated rings. The van der Waals surface area contributed by atoms with Crippen molar-refractivity contribution in [2.45, 2.75) is 51.7 Å². The largest absolute Gasteiger partial charge is 0.381 e. The van der Waals surface area contributed by atoms with E-state index in [0.717, 1.165) is 6.42 Å². The predicted molar refractivity (Wildman–Crippen MR) is 66.0 cm³/mol. The van der Waals surface area contributed by atoms with Crippen LogP contribution in [0.5, 0.6) is 0 Å². The smallest absolute Gasteiger partial charge is 0.231 e. The lowest BCUT2D eigenvalue weighted by atomic mass is 10.00. The van der Waals surface area contributed by atoms with E-state index in [0.29, 0.717) is 24.2 Å². The van der Waals surface area contributed by atoms with Gasteiger partial charge in [-0.2, -0.15) is 4.98 Å². The molecule has 3 atom stereocenters. The van der Waals surface area contributed by atoms with E-state index in [9.17, 15) is 0 Å². The van der Waals surface area contributed by atoms with Crippen molar-refractivity contribution in [1.29, 1.82) is 0 Å². The van der Waals surface area contributed by atoms with Crippen LogP contribution < -0.4 is 5.32 Å². The molecule has 1 aromatic rings. The topological polar surface area (TPSA) is 60.2 Å². The van der Waals surface area contributed by atoms with E-state index in [1.807, 2.05) is 14.0 Å². The van der Waals surface area contributed by atoms with Gasteiger partial charge in [0.2, 0.25) is 5.89 Å². The Balaban J connectivity index is 2.66. The lowest BCUT2D eigenvalue weighted by Gasteiger charge is -2.18. The van der Waals surface area contributed by atoms with Crippen LogP contribution in [0.2, 0.25) is 0 Å². The number of nitrogens with one attached hydrogen (secondary N) is 1. The summed E-state index contributed by atoms with van der Waals surface area (Å²) in [6.07, 6.45) is 1.83. The fraction of sp³-hybridized carbons (Fsp3) is 0.833. The Hall–Kier alpha value is -0.940. The zero-order chi connectivity index (χ0) is 12.8. The fourth-order valence-corrected chi connectivity index (χ4v) is 1.86. The molecule has 0 radical (unpaired) electrons. The van der Waals surface area contributed by atoms with Crippen LogP contribution in [-0.4, -0.2) is 36.4 Å². The molecule has 0 aliphatic heterocycles. The molecule has 0 saturated carbocycles. The van der Waals surface area contributed by atoms with Crippen molar-refractivity contribution in [3.8, 4) is 0 Å². The van der Waals surface area contributed by atoms with Gasteiger partial charge in [-0.05, 0) is 20.4 Å². The van der Waals surface area contributed by atoms with Crippen LogP contribution in [0.4, 0.5) is 0 Å². The predicted octanol–water partition coefficient (Wildman–Crippen LogP) is 1.75. The Bertz CT molecular complexity index is 323. The lowest BCUT2D eigenvalue weighted by Crippen LogP contribution is -2.30. The van der Waals surface area contributed by atoms with Gasteiger partial charge in [0.25, 0.3) is 0 Å². The molecule has 1 heterocycles. The molecular formula is C12H23N3O2. The molecule has 5 heteroatoms. The highest BCUT2D eigenvalue weighted by Gasteiger charge is 2.21. The Kier molecular flexibility index (Phi) is 5.58. The van der Waals surface area contributed by atoms with Crippen LogP contribution in [0, 0.1) is 0 Å². The van der Waals surface area contributed by atoms with E-state index in [1.54, 1.807) is 7.11 Å². The normalized spacial score (nSPS) is 16.8. The van der Waals surface area contributed by atoms with Gasteiger partial charge in [0.15, 0.2) is 5.82 Å². The molecule has 0 aromatic carbocycles. The fourth-order valence-electron chi connectivity index (χ4n) is 1.86. The van der Waals surface area contributed by atoms with Gasteiger partial charge in [-0.15, -0.1) is 0 Å². The monoisotopic (exact) mass is 241 g/mol. The van der Waals surface area contributed by atoms with Gasteiger partial charge in [0.05, 0.1) is 12.0 Å². The van der Waals surface area contributed by atoms with Crippen molar-refractivity contribution in [3.63, 3.8) is 0 Å². The molecule has 0 saturated heterocycles. The summed E-state index contributed by atoms with van der Waals surface area (Å²) in [5, 5.41) is 7.24. The second-order valence-corrected chi connectivity index (χ2v) is 4.39. The van der Waals surface area contributed by atoms with E-state index in [-0.39, 0.29) is 12.0 Å². The summed E-state index contributed by atoms with van der Waals surface area (Å²) >= 11 is 0. The van der Waals surface area contributed by atoms with Crippen LogP contribution in [0.3, 0.4) is 0 Å². The number of ether oxygens (including phenoxy) is 1. The maximum Gasteiger partial charge on any atom is 0.231 e. The van der Waals surface area contributed by atoms with Crippen molar-refractivity contribution >= 4 is 0 Å². The number of methoxy groups -OCH3 is 1. The first-order valence-corrected chi connectivity index (χ1v) is 6.14. The van der Waals surface area contributed by atoms with Crippen LogP contribution in [0.15, 0.2) is 4.52 Å². The zero-order valence-electron chi connectivity index (χ0n) is 11.4. The van der Waals surface area contributed by atoms with E-state index in [2.05, 4.69) is 29.3 Å². The Morgan fingerprint density at radius 2 is 2.12 bits per heavy atom. The molecule has 1 rings (SSSR count). The summed E-state index contributed by atoms with van der Waals surface area (Å²) in [6, 6.07) is 0.364. The number of likely N-dealkylation sites (N-methyl/N-ethyl adjacent to an activating group) is 1. The summed E-state index contributed by atoms with van der Waals surface area (Å²) in [5.41, 5.74) is 0. The second-order valence-electron chi connectivity index (χ2n) is 4.39. The van der Waals surface area contributed by atoms with Crippen LogP contribution in [0.1, 0.15) is 44.8 Å². The average molecular weight is 241 g/mol. The minimum atomic E-state index is 0.113. The highest BCUT2D eigenvalue weighted by Crippen LogP contribution is 2.19. The van der Waals surface area contributed by atoms with Gasteiger partial charge in [-0.1, -0.05) is 19.0 Å². The Labute approximate surface area is 103 Å².